The standard InChI is InChI=1S/C24H25N3O4/c1-24(14-13-17-6-3-2-4-7-17)22(30)27(23(31)25-24)16-20(28)18-9-11-19(12-10-18)26-15-5-8-21(26)29/h2-4,6-7,9-12H,5,8,13-16H2,1H3,(H,25,31)/t24-/m1/s1. The van der Waals surface area contributed by atoms with Gasteiger partial charge in [0.1, 0.15) is 5.54 Å². The third-order valence-electron chi connectivity index (χ3n) is 5.98. The predicted molar refractivity (Wildman–Crippen MR) is 116 cm³/mol. The summed E-state index contributed by atoms with van der Waals surface area (Å²) in [5.74, 6) is -0.635. The molecule has 2 aliphatic heterocycles. The van der Waals surface area contributed by atoms with E-state index in [9.17, 15) is 19.2 Å². The lowest BCUT2D eigenvalue weighted by Crippen LogP contribution is -2.44. The monoisotopic (exact) mass is 419 g/mol. The first-order valence-corrected chi connectivity index (χ1v) is 10.5. The number of amides is 4. The van der Waals surface area contributed by atoms with Crippen molar-refractivity contribution in [1.29, 1.82) is 0 Å². The highest BCUT2D eigenvalue weighted by Crippen LogP contribution is 2.25. The van der Waals surface area contributed by atoms with Crippen LogP contribution in [0.15, 0.2) is 54.6 Å². The molecule has 160 valence electrons. The van der Waals surface area contributed by atoms with Crippen molar-refractivity contribution in [3.63, 3.8) is 0 Å². The lowest BCUT2D eigenvalue weighted by atomic mass is 9.93. The number of rotatable bonds is 7. The summed E-state index contributed by atoms with van der Waals surface area (Å²) in [7, 11) is 0. The van der Waals surface area contributed by atoms with Crippen molar-refractivity contribution in [3.8, 4) is 0 Å². The lowest BCUT2D eigenvalue weighted by Gasteiger charge is -2.21. The first kappa shape index (κ1) is 20.8. The molecule has 31 heavy (non-hydrogen) atoms. The Bertz CT molecular complexity index is 1020. The molecular weight excluding hydrogens is 394 g/mol. The summed E-state index contributed by atoms with van der Waals surface area (Å²) in [6.07, 6.45) is 2.46. The smallest absolute Gasteiger partial charge is 0.323 e. The maximum atomic E-state index is 12.9. The van der Waals surface area contributed by atoms with E-state index in [1.54, 1.807) is 36.1 Å². The topological polar surface area (TPSA) is 86.8 Å². The third-order valence-corrected chi connectivity index (χ3v) is 5.98. The van der Waals surface area contributed by atoms with Crippen LogP contribution in [-0.2, 0) is 16.0 Å². The van der Waals surface area contributed by atoms with Crippen LogP contribution < -0.4 is 10.2 Å². The Morgan fingerprint density at radius 1 is 1.03 bits per heavy atom. The fourth-order valence-corrected chi connectivity index (χ4v) is 4.08. The van der Waals surface area contributed by atoms with Crippen molar-refractivity contribution in [2.24, 2.45) is 0 Å². The Morgan fingerprint density at radius 2 is 1.74 bits per heavy atom. The van der Waals surface area contributed by atoms with Crippen LogP contribution in [0.2, 0.25) is 0 Å². The van der Waals surface area contributed by atoms with Crippen LogP contribution in [0.25, 0.3) is 0 Å². The van der Waals surface area contributed by atoms with Gasteiger partial charge in [-0.2, -0.15) is 0 Å². The zero-order valence-electron chi connectivity index (χ0n) is 17.5. The lowest BCUT2D eigenvalue weighted by molar-refractivity contribution is -0.130. The van der Waals surface area contributed by atoms with Crippen molar-refractivity contribution >= 4 is 29.3 Å². The molecule has 2 fully saturated rings. The molecule has 0 saturated carbocycles. The second kappa shape index (κ2) is 8.34. The number of carbonyl (C=O) groups excluding carboxylic acids is 4. The van der Waals surface area contributed by atoms with Gasteiger partial charge in [-0.1, -0.05) is 30.3 Å². The Balaban J connectivity index is 1.40. The number of benzene rings is 2. The van der Waals surface area contributed by atoms with Gasteiger partial charge in [0.25, 0.3) is 5.91 Å². The molecule has 0 spiro atoms. The van der Waals surface area contributed by atoms with Gasteiger partial charge in [-0.25, -0.2) is 4.79 Å². The minimum atomic E-state index is -1.03. The van der Waals surface area contributed by atoms with Crippen LogP contribution >= 0.6 is 0 Å². The highest BCUT2D eigenvalue weighted by Gasteiger charge is 2.47. The first-order chi connectivity index (χ1) is 14.9. The molecule has 0 bridgehead atoms. The Morgan fingerprint density at radius 3 is 2.39 bits per heavy atom. The first-order valence-electron chi connectivity index (χ1n) is 10.5. The van der Waals surface area contributed by atoms with E-state index >= 15 is 0 Å². The van der Waals surface area contributed by atoms with E-state index in [-0.39, 0.29) is 24.1 Å². The molecule has 2 aromatic carbocycles. The molecular formula is C24H25N3O4. The second-order valence-corrected chi connectivity index (χ2v) is 8.26. The minimum absolute atomic E-state index is 0.0770. The number of imide groups is 1. The highest BCUT2D eigenvalue weighted by atomic mass is 16.2. The summed E-state index contributed by atoms with van der Waals surface area (Å²) in [5, 5.41) is 2.75. The van der Waals surface area contributed by atoms with Crippen LogP contribution in [0.4, 0.5) is 10.5 Å². The molecule has 7 heteroatoms. The van der Waals surface area contributed by atoms with Gasteiger partial charge in [0.2, 0.25) is 5.91 Å². The number of urea groups is 1. The number of aryl methyl sites for hydroxylation is 1. The molecule has 1 N–H and O–H groups in total. The van der Waals surface area contributed by atoms with Crippen molar-refractivity contribution in [2.45, 2.75) is 38.1 Å². The fourth-order valence-electron chi connectivity index (χ4n) is 4.08. The van der Waals surface area contributed by atoms with Gasteiger partial charge in [-0.15, -0.1) is 0 Å². The quantitative estimate of drug-likeness (QED) is 0.552. The Hall–Kier alpha value is -3.48. The summed E-state index contributed by atoms with van der Waals surface area (Å²) in [6.45, 7) is 2.06. The van der Waals surface area contributed by atoms with E-state index in [0.29, 0.717) is 31.4 Å². The zero-order chi connectivity index (χ0) is 22.0. The van der Waals surface area contributed by atoms with Crippen LogP contribution in [0.1, 0.15) is 42.1 Å². The fraction of sp³-hybridized carbons (Fsp3) is 0.333. The maximum Gasteiger partial charge on any atom is 0.325 e. The number of hydrogen-bond acceptors (Lipinski definition) is 4. The van der Waals surface area contributed by atoms with Gasteiger partial charge in [0, 0.05) is 24.2 Å². The molecule has 2 aromatic rings. The summed E-state index contributed by atoms with van der Waals surface area (Å²) in [4.78, 5) is 52.7. The Kier molecular flexibility index (Phi) is 5.59. The van der Waals surface area contributed by atoms with Gasteiger partial charge in [0.15, 0.2) is 5.78 Å². The average molecular weight is 419 g/mol. The number of hydrogen-bond donors (Lipinski definition) is 1. The van der Waals surface area contributed by atoms with Crippen LogP contribution in [-0.4, -0.2) is 47.2 Å². The number of nitrogens with zero attached hydrogens (tertiary/aromatic N) is 2. The minimum Gasteiger partial charge on any atom is -0.323 e. The van der Waals surface area contributed by atoms with Crippen LogP contribution in [0.3, 0.4) is 0 Å². The van der Waals surface area contributed by atoms with Gasteiger partial charge >= 0.3 is 6.03 Å². The van der Waals surface area contributed by atoms with E-state index in [4.69, 9.17) is 0 Å². The number of carbonyl (C=O) groups is 4. The van der Waals surface area contributed by atoms with Crippen molar-refractivity contribution in [2.75, 3.05) is 18.0 Å². The molecule has 0 aromatic heterocycles. The van der Waals surface area contributed by atoms with E-state index in [0.717, 1.165) is 22.6 Å². The molecule has 4 amide bonds. The molecule has 0 radical (unpaired) electrons. The number of Topliss-reactive ketones (excluding diaryl/α,β-unsaturated/α-hetero) is 1. The van der Waals surface area contributed by atoms with Crippen molar-refractivity contribution in [1.82, 2.24) is 10.2 Å². The van der Waals surface area contributed by atoms with E-state index in [1.165, 1.54) is 0 Å². The molecule has 2 saturated heterocycles. The van der Waals surface area contributed by atoms with Gasteiger partial charge in [-0.05, 0) is 56.0 Å². The molecule has 1 atom stereocenters. The molecule has 7 nitrogen and oxygen atoms in total. The molecule has 2 heterocycles. The highest BCUT2D eigenvalue weighted by molar-refractivity contribution is 6.11. The summed E-state index contributed by atoms with van der Waals surface area (Å²) < 4.78 is 0. The molecule has 2 aliphatic rings. The van der Waals surface area contributed by atoms with E-state index in [2.05, 4.69) is 5.32 Å². The van der Waals surface area contributed by atoms with E-state index < -0.39 is 11.6 Å². The van der Waals surface area contributed by atoms with Gasteiger partial charge in [0.05, 0.1) is 6.54 Å². The van der Waals surface area contributed by atoms with Crippen LogP contribution in [0, 0.1) is 0 Å². The molecule has 4 rings (SSSR count). The zero-order valence-corrected chi connectivity index (χ0v) is 17.5. The summed E-state index contributed by atoms with van der Waals surface area (Å²) in [5.41, 5.74) is 1.20. The average Bonchev–Trinajstić information content (AvgIpc) is 3.30. The molecule has 0 aliphatic carbocycles. The Labute approximate surface area is 181 Å². The van der Waals surface area contributed by atoms with Crippen molar-refractivity contribution in [3.05, 3.63) is 65.7 Å². The largest absolute Gasteiger partial charge is 0.325 e. The van der Waals surface area contributed by atoms with Gasteiger partial charge in [-0.3, -0.25) is 19.3 Å². The predicted octanol–water partition coefficient (Wildman–Crippen LogP) is 2.94. The maximum absolute atomic E-state index is 12.9. The van der Waals surface area contributed by atoms with E-state index in [1.807, 2.05) is 30.3 Å². The summed E-state index contributed by atoms with van der Waals surface area (Å²) >= 11 is 0. The SMILES string of the molecule is C[C@]1(CCc2ccccc2)NC(=O)N(CC(=O)c2ccc(N3CCCC3=O)cc2)C1=O. The summed E-state index contributed by atoms with van der Waals surface area (Å²) in [6, 6.07) is 15.9. The van der Waals surface area contributed by atoms with Crippen LogP contribution in [0.5, 0.6) is 0 Å². The number of ketones is 1. The number of nitrogens with one attached hydrogen (secondary N) is 1. The normalized spacial score (nSPS) is 21.0. The number of anilines is 1. The van der Waals surface area contributed by atoms with Gasteiger partial charge < -0.3 is 10.2 Å². The van der Waals surface area contributed by atoms with Crippen molar-refractivity contribution < 1.29 is 19.2 Å². The molecule has 0 unspecified atom stereocenters. The second-order valence-electron chi connectivity index (χ2n) is 8.26. The third kappa shape index (κ3) is 4.21.